The van der Waals surface area contributed by atoms with Crippen LogP contribution in [0.25, 0.3) is 0 Å². The molecular weight excluding hydrogens is 476 g/mol. The molecule has 3 unspecified atom stereocenters. The topological polar surface area (TPSA) is 123 Å². The number of nitrogens with two attached hydrogens (primary N) is 1. The van der Waals surface area contributed by atoms with Gasteiger partial charge in [-0.1, -0.05) is 43.3 Å². The fraction of sp³-hybridized carbons (Fsp3) is 0.259. The van der Waals surface area contributed by atoms with E-state index in [1.165, 1.54) is 12.5 Å². The van der Waals surface area contributed by atoms with Crippen LogP contribution in [0.5, 0.6) is 0 Å². The number of pyridine rings is 1. The molecule has 3 atom stereocenters. The molecule has 0 amide bonds. The summed E-state index contributed by atoms with van der Waals surface area (Å²) in [4.78, 5) is 28.9. The zero-order valence-electron chi connectivity index (χ0n) is 20.1. The summed E-state index contributed by atoms with van der Waals surface area (Å²) in [5.74, 6) is -0.122. The standard InChI is InChI=1S/C27H28N4O4S/c1-3-18-15-23(17-32)31(30-25(18)19-10-12-24(13-11-19)36(2,34)35)27(28)21-8-6-20(7-9-21)26(33)22-5-4-14-29-16-22/h4-14,16-18,23,27H,3,15,28H2,1-2H3. The lowest BCUT2D eigenvalue weighted by atomic mass is 9.87. The number of hydrogen-bond donors (Lipinski definition) is 1. The van der Waals surface area contributed by atoms with Crippen molar-refractivity contribution in [2.24, 2.45) is 16.8 Å². The van der Waals surface area contributed by atoms with Crippen molar-refractivity contribution in [1.29, 1.82) is 0 Å². The second-order valence-corrected chi connectivity index (χ2v) is 10.9. The number of aromatic nitrogens is 1. The normalized spacial score (nSPS) is 18.9. The molecule has 0 fully saturated rings. The van der Waals surface area contributed by atoms with Gasteiger partial charge in [-0.3, -0.25) is 14.8 Å². The summed E-state index contributed by atoms with van der Waals surface area (Å²) in [5.41, 5.74) is 9.81. The van der Waals surface area contributed by atoms with E-state index in [2.05, 4.69) is 4.98 Å². The molecule has 0 aliphatic carbocycles. The predicted molar refractivity (Wildman–Crippen MR) is 137 cm³/mol. The molecule has 1 aromatic heterocycles. The van der Waals surface area contributed by atoms with E-state index in [9.17, 15) is 18.0 Å². The summed E-state index contributed by atoms with van der Waals surface area (Å²) in [7, 11) is -3.31. The van der Waals surface area contributed by atoms with Crippen molar-refractivity contribution in [3.63, 3.8) is 0 Å². The monoisotopic (exact) mass is 504 g/mol. The first-order chi connectivity index (χ1) is 17.2. The minimum atomic E-state index is -3.31. The van der Waals surface area contributed by atoms with Crippen molar-refractivity contribution in [2.45, 2.75) is 36.9 Å². The Bertz CT molecular complexity index is 1370. The van der Waals surface area contributed by atoms with Crippen LogP contribution in [0, 0.1) is 5.92 Å². The van der Waals surface area contributed by atoms with Crippen molar-refractivity contribution in [2.75, 3.05) is 6.26 Å². The number of carbonyl (C=O) groups excluding carboxylic acids is 2. The minimum absolute atomic E-state index is 0.0206. The Kier molecular flexibility index (Phi) is 7.42. The Hall–Kier alpha value is -3.69. The number of benzene rings is 2. The number of carbonyl (C=O) groups is 2. The molecule has 9 heteroatoms. The van der Waals surface area contributed by atoms with Crippen LogP contribution in [-0.4, -0.2) is 48.5 Å². The van der Waals surface area contributed by atoms with Crippen LogP contribution in [0.1, 0.15) is 53.0 Å². The van der Waals surface area contributed by atoms with Crippen LogP contribution in [-0.2, 0) is 14.6 Å². The second kappa shape index (κ2) is 10.5. The van der Waals surface area contributed by atoms with Crippen molar-refractivity contribution < 1.29 is 18.0 Å². The van der Waals surface area contributed by atoms with Gasteiger partial charge in [-0.05, 0) is 48.2 Å². The molecule has 0 saturated carbocycles. The molecule has 3 aromatic rings. The molecular formula is C27H28N4O4S. The summed E-state index contributed by atoms with van der Waals surface area (Å²) in [6, 6.07) is 16.4. The molecule has 2 aromatic carbocycles. The van der Waals surface area contributed by atoms with E-state index in [1.807, 2.05) is 6.92 Å². The van der Waals surface area contributed by atoms with Gasteiger partial charge in [0.2, 0.25) is 0 Å². The lowest BCUT2D eigenvalue weighted by molar-refractivity contribution is -0.114. The van der Waals surface area contributed by atoms with E-state index in [0.29, 0.717) is 23.1 Å². The first-order valence-electron chi connectivity index (χ1n) is 11.7. The van der Waals surface area contributed by atoms with Gasteiger partial charge in [0.25, 0.3) is 0 Å². The van der Waals surface area contributed by atoms with Crippen molar-refractivity contribution in [3.05, 3.63) is 95.3 Å². The molecule has 4 rings (SSSR count). The molecule has 0 saturated heterocycles. The summed E-state index contributed by atoms with van der Waals surface area (Å²) < 4.78 is 23.7. The molecule has 0 radical (unpaired) electrons. The lowest BCUT2D eigenvalue weighted by Crippen LogP contribution is -2.46. The highest BCUT2D eigenvalue weighted by Crippen LogP contribution is 2.31. The third kappa shape index (κ3) is 5.27. The van der Waals surface area contributed by atoms with Crippen LogP contribution >= 0.6 is 0 Å². The van der Waals surface area contributed by atoms with E-state index >= 15 is 0 Å². The number of aldehydes is 1. The number of sulfone groups is 1. The van der Waals surface area contributed by atoms with Gasteiger partial charge in [0, 0.05) is 35.7 Å². The Labute approximate surface area is 210 Å². The van der Waals surface area contributed by atoms with E-state index in [4.69, 9.17) is 10.8 Å². The van der Waals surface area contributed by atoms with E-state index < -0.39 is 22.0 Å². The Morgan fingerprint density at radius 1 is 1.11 bits per heavy atom. The fourth-order valence-corrected chi connectivity index (χ4v) is 4.98. The molecule has 36 heavy (non-hydrogen) atoms. The van der Waals surface area contributed by atoms with Gasteiger partial charge in [-0.2, -0.15) is 5.10 Å². The molecule has 8 nitrogen and oxygen atoms in total. The quantitative estimate of drug-likeness (QED) is 0.368. The van der Waals surface area contributed by atoms with Crippen molar-refractivity contribution in [3.8, 4) is 0 Å². The Balaban J connectivity index is 1.64. The van der Waals surface area contributed by atoms with Crippen LogP contribution in [0.3, 0.4) is 0 Å². The zero-order valence-corrected chi connectivity index (χ0v) is 20.9. The van der Waals surface area contributed by atoms with E-state index in [0.717, 1.165) is 24.0 Å². The van der Waals surface area contributed by atoms with Crippen LogP contribution in [0.2, 0.25) is 0 Å². The second-order valence-electron chi connectivity index (χ2n) is 8.84. The third-order valence-electron chi connectivity index (χ3n) is 6.43. The molecule has 0 bridgehead atoms. The molecule has 0 spiro atoms. The van der Waals surface area contributed by atoms with E-state index in [1.54, 1.807) is 71.9 Å². The summed E-state index contributed by atoms with van der Waals surface area (Å²) in [6.45, 7) is 2.03. The number of rotatable bonds is 8. The summed E-state index contributed by atoms with van der Waals surface area (Å²) in [6.07, 6.45) is 5.75. The number of hydrazone groups is 1. The minimum Gasteiger partial charge on any atom is -0.306 e. The summed E-state index contributed by atoms with van der Waals surface area (Å²) in [5, 5.41) is 6.39. The average molecular weight is 505 g/mol. The predicted octanol–water partition coefficient (Wildman–Crippen LogP) is 3.38. The van der Waals surface area contributed by atoms with E-state index in [-0.39, 0.29) is 16.6 Å². The molecule has 2 N–H and O–H groups in total. The third-order valence-corrected chi connectivity index (χ3v) is 7.56. The average Bonchev–Trinajstić information content (AvgIpc) is 2.91. The highest BCUT2D eigenvalue weighted by molar-refractivity contribution is 7.90. The number of hydrogen-bond acceptors (Lipinski definition) is 8. The first kappa shape index (κ1) is 25.4. The van der Waals surface area contributed by atoms with Crippen LogP contribution in [0.15, 0.2) is 83.1 Å². The number of nitrogens with zero attached hydrogens (tertiary/aromatic N) is 3. The van der Waals surface area contributed by atoms with Gasteiger partial charge in [0.1, 0.15) is 18.5 Å². The maximum atomic E-state index is 12.7. The SMILES string of the molecule is CCC1CC(C=O)N(C(N)c2ccc(C(=O)c3cccnc3)cc2)N=C1c1ccc(S(C)(=O)=O)cc1. The van der Waals surface area contributed by atoms with Gasteiger partial charge in [0.05, 0.1) is 10.6 Å². The highest BCUT2D eigenvalue weighted by Gasteiger charge is 2.34. The van der Waals surface area contributed by atoms with Crippen LogP contribution < -0.4 is 5.73 Å². The Morgan fingerprint density at radius 3 is 2.36 bits per heavy atom. The molecule has 2 heterocycles. The Morgan fingerprint density at radius 2 is 1.81 bits per heavy atom. The largest absolute Gasteiger partial charge is 0.306 e. The molecule has 1 aliphatic rings. The number of ketones is 1. The van der Waals surface area contributed by atoms with Gasteiger partial charge in [-0.25, -0.2) is 8.42 Å². The van der Waals surface area contributed by atoms with Gasteiger partial charge in [0.15, 0.2) is 15.6 Å². The smallest absolute Gasteiger partial charge is 0.194 e. The highest BCUT2D eigenvalue weighted by atomic mass is 32.2. The lowest BCUT2D eigenvalue weighted by Gasteiger charge is -2.38. The van der Waals surface area contributed by atoms with Crippen molar-refractivity contribution >= 4 is 27.6 Å². The summed E-state index contributed by atoms with van der Waals surface area (Å²) >= 11 is 0. The molecule has 1 aliphatic heterocycles. The van der Waals surface area contributed by atoms with Gasteiger partial charge < -0.3 is 10.5 Å². The fourth-order valence-electron chi connectivity index (χ4n) is 4.35. The zero-order chi connectivity index (χ0) is 25.9. The van der Waals surface area contributed by atoms with Gasteiger partial charge in [-0.15, -0.1) is 0 Å². The van der Waals surface area contributed by atoms with Crippen LogP contribution in [0.4, 0.5) is 0 Å². The van der Waals surface area contributed by atoms with Gasteiger partial charge >= 0.3 is 0 Å². The maximum Gasteiger partial charge on any atom is 0.194 e. The molecule has 186 valence electrons. The first-order valence-corrected chi connectivity index (χ1v) is 13.5. The van der Waals surface area contributed by atoms with Crippen molar-refractivity contribution in [1.82, 2.24) is 9.99 Å². The maximum absolute atomic E-state index is 12.7.